The first kappa shape index (κ1) is 16.9. The summed E-state index contributed by atoms with van der Waals surface area (Å²) >= 11 is 0. The highest BCUT2D eigenvalue weighted by Gasteiger charge is 2.15. The molecule has 0 amide bonds. The van der Waals surface area contributed by atoms with E-state index in [9.17, 15) is 0 Å². The molecule has 0 heterocycles. The van der Waals surface area contributed by atoms with Crippen LogP contribution in [0.4, 0.5) is 0 Å². The third-order valence-electron chi connectivity index (χ3n) is 5.10. The highest BCUT2D eigenvalue weighted by Crippen LogP contribution is 2.38. The van der Waals surface area contributed by atoms with E-state index in [-0.39, 0.29) is 5.41 Å². The van der Waals surface area contributed by atoms with E-state index in [1.54, 1.807) is 0 Å². The molecule has 4 aromatic rings. The van der Waals surface area contributed by atoms with Gasteiger partial charge in [0, 0.05) is 0 Å². The van der Waals surface area contributed by atoms with Crippen LogP contribution in [0.2, 0.25) is 0 Å². The topological polar surface area (TPSA) is 9.23 Å². The fourth-order valence-electron chi connectivity index (χ4n) is 3.89. The van der Waals surface area contributed by atoms with Gasteiger partial charge in [0.2, 0.25) is 0 Å². The zero-order chi connectivity index (χ0) is 18.5. The highest BCUT2D eigenvalue weighted by molar-refractivity contribution is 6.23. The molecular weight excluding hydrogens is 316 g/mol. The summed E-state index contributed by atoms with van der Waals surface area (Å²) < 4.78 is 6.16. The second-order valence-electron chi connectivity index (χ2n) is 8.41. The lowest BCUT2D eigenvalue weighted by atomic mass is 9.90. The van der Waals surface area contributed by atoms with Gasteiger partial charge in [-0.2, -0.15) is 0 Å². The third kappa shape index (κ3) is 2.72. The van der Waals surface area contributed by atoms with E-state index in [2.05, 4.69) is 89.2 Å². The summed E-state index contributed by atoms with van der Waals surface area (Å²) in [6, 6.07) is 17.6. The number of ether oxygens (including phenoxy) is 1. The van der Waals surface area contributed by atoms with E-state index in [4.69, 9.17) is 4.74 Å². The zero-order valence-corrected chi connectivity index (χ0v) is 16.3. The minimum atomic E-state index is 0.143. The quantitative estimate of drug-likeness (QED) is 0.302. The first-order valence-electron chi connectivity index (χ1n) is 9.36. The van der Waals surface area contributed by atoms with Gasteiger partial charge in [0.15, 0.2) is 0 Å². The predicted octanol–water partition coefficient (Wildman–Crippen LogP) is 6.40. The van der Waals surface area contributed by atoms with Crippen LogP contribution in [-0.4, -0.2) is 6.61 Å². The lowest BCUT2D eigenvalue weighted by Crippen LogP contribution is -2.16. The van der Waals surface area contributed by atoms with E-state index < -0.39 is 0 Å². The second-order valence-corrected chi connectivity index (χ2v) is 8.41. The molecule has 0 radical (unpaired) electrons. The van der Waals surface area contributed by atoms with Crippen molar-refractivity contribution in [3.8, 4) is 5.75 Å². The molecule has 0 N–H and O–H groups in total. The summed E-state index contributed by atoms with van der Waals surface area (Å²) in [5.41, 5.74) is 1.47. The molecule has 1 heteroatoms. The van der Waals surface area contributed by atoms with E-state index in [1.807, 2.05) is 0 Å². The molecule has 0 saturated carbocycles. The standard InChI is InChI=1S/C25H26O/c1-6-17-9-7-11-20-21-12-8-10-18-13-19(26-15-25(3,4)5)14-22(24(18)21)16(2)23(17)20/h6-14H,15H2,1-5H3/b17-6-. The van der Waals surface area contributed by atoms with Gasteiger partial charge in [-0.05, 0) is 74.5 Å². The molecule has 0 unspecified atom stereocenters. The molecule has 0 aliphatic carbocycles. The van der Waals surface area contributed by atoms with Crippen LogP contribution >= 0.6 is 0 Å². The van der Waals surface area contributed by atoms with Crippen LogP contribution in [0.3, 0.4) is 0 Å². The van der Waals surface area contributed by atoms with Crippen LogP contribution in [0.1, 0.15) is 33.3 Å². The highest BCUT2D eigenvalue weighted by atomic mass is 16.5. The summed E-state index contributed by atoms with van der Waals surface area (Å²) in [4.78, 5) is 0. The number of rotatable bonds is 2. The molecule has 0 aliphatic heterocycles. The molecule has 0 atom stereocenters. The van der Waals surface area contributed by atoms with Crippen molar-refractivity contribution in [3.05, 3.63) is 59.3 Å². The van der Waals surface area contributed by atoms with Gasteiger partial charge in [0.1, 0.15) is 5.75 Å². The first-order chi connectivity index (χ1) is 12.4. The maximum atomic E-state index is 6.16. The summed E-state index contributed by atoms with van der Waals surface area (Å²) in [6.07, 6.45) is 2.20. The SMILES string of the molecule is C/C=c1/cccc2c1c(C)c1cc(OCC(C)(C)C)cc3cccc2c31. The van der Waals surface area contributed by atoms with Crippen molar-refractivity contribution in [1.29, 1.82) is 0 Å². The fourth-order valence-corrected chi connectivity index (χ4v) is 3.89. The van der Waals surface area contributed by atoms with Crippen LogP contribution in [0.15, 0.2) is 48.5 Å². The van der Waals surface area contributed by atoms with Gasteiger partial charge in [0.25, 0.3) is 0 Å². The summed E-state index contributed by atoms with van der Waals surface area (Å²) in [6.45, 7) is 11.7. The van der Waals surface area contributed by atoms with Crippen LogP contribution < -0.4 is 9.96 Å². The van der Waals surface area contributed by atoms with Crippen molar-refractivity contribution in [2.75, 3.05) is 6.61 Å². The van der Waals surface area contributed by atoms with E-state index in [0.29, 0.717) is 6.61 Å². The van der Waals surface area contributed by atoms with Crippen molar-refractivity contribution in [3.63, 3.8) is 0 Å². The van der Waals surface area contributed by atoms with Crippen molar-refractivity contribution >= 4 is 38.4 Å². The summed E-state index contributed by atoms with van der Waals surface area (Å²) in [5, 5.41) is 9.19. The summed E-state index contributed by atoms with van der Waals surface area (Å²) in [5.74, 6) is 0.959. The average Bonchev–Trinajstić information content (AvgIpc) is 2.62. The smallest absolute Gasteiger partial charge is 0.120 e. The van der Waals surface area contributed by atoms with Gasteiger partial charge in [-0.3, -0.25) is 0 Å². The summed E-state index contributed by atoms with van der Waals surface area (Å²) in [7, 11) is 0. The number of benzene rings is 4. The molecule has 1 nitrogen and oxygen atoms in total. The Balaban J connectivity index is 2.10. The second kappa shape index (κ2) is 6.02. The maximum Gasteiger partial charge on any atom is 0.120 e. The first-order valence-corrected chi connectivity index (χ1v) is 9.36. The lowest BCUT2D eigenvalue weighted by Gasteiger charge is -2.20. The van der Waals surface area contributed by atoms with Crippen molar-refractivity contribution in [1.82, 2.24) is 0 Å². The Hall–Kier alpha value is -2.54. The van der Waals surface area contributed by atoms with E-state index >= 15 is 0 Å². The Morgan fingerprint density at radius 2 is 1.58 bits per heavy atom. The van der Waals surface area contributed by atoms with Crippen molar-refractivity contribution in [2.24, 2.45) is 5.41 Å². The predicted molar refractivity (Wildman–Crippen MR) is 114 cm³/mol. The molecule has 0 aliphatic rings. The Kier molecular flexibility index (Phi) is 3.91. The fraction of sp³-hybridized carbons (Fsp3) is 0.280. The van der Waals surface area contributed by atoms with Gasteiger partial charge in [-0.25, -0.2) is 0 Å². The van der Waals surface area contributed by atoms with Gasteiger partial charge in [-0.15, -0.1) is 0 Å². The lowest BCUT2D eigenvalue weighted by molar-refractivity contribution is 0.198. The number of hydrogen-bond donors (Lipinski definition) is 0. The van der Waals surface area contributed by atoms with Gasteiger partial charge in [0.05, 0.1) is 6.61 Å². The van der Waals surface area contributed by atoms with E-state index in [0.717, 1.165) is 5.75 Å². The number of hydrogen-bond acceptors (Lipinski definition) is 1. The molecule has 132 valence electrons. The molecular formula is C25H26O. The number of aryl methyl sites for hydroxylation is 1. The normalized spacial score (nSPS) is 13.2. The molecule has 0 spiro atoms. The van der Waals surface area contributed by atoms with Crippen molar-refractivity contribution < 1.29 is 4.74 Å². The van der Waals surface area contributed by atoms with Crippen LogP contribution in [0.25, 0.3) is 38.4 Å². The van der Waals surface area contributed by atoms with E-state index in [1.165, 1.54) is 43.1 Å². The number of fused-ring (bicyclic) bond motifs is 2. The molecule has 0 saturated heterocycles. The van der Waals surface area contributed by atoms with Gasteiger partial charge in [-0.1, -0.05) is 63.2 Å². The third-order valence-corrected chi connectivity index (χ3v) is 5.10. The maximum absolute atomic E-state index is 6.16. The Labute approximate surface area is 155 Å². The Morgan fingerprint density at radius 1 is 0.885 bits per heavy atom. The van der Waals surface area contributed by atoms with Crippen LogP contribution in [-0.2, 0) is 0 Å². The van der Waals surface area contributed by atoms with Gasteiger partial charge >= 0.3 is 0 Å². The minimum Gasteiger partial charge on any atom is -0.493 e. The Morgan fingerprint density at radius 3 is 2.27 bits per heavy atom. The average molecular weight is 342 g/mol. The van der Waals surface area contributed by atoms with Gasteiger partial charge < -0.3 is 4.74 Å². The zero-order valence-electron chi connectivity index (χ0n) is 16.3. The Bertz CT molecular complexity index is 1180. The van der Waals surface area contributed by atoms with Crippen LogP contribution in [0.5, 0.6) is 5.75 Å². The molecule has 26 heavy (non-hydrogen) atoms. The largest absolute Gasteiger partial charge is 0.493 e. The molecule has 4 rings (SSSR count). The molecule has 0 fully saturated rings. The molecule has 4 aromatic carbocycles. The molecule has 0 bridgehead atoms. The monoisotopic (exact) mass is 342 g/mol. The van der Waals surface area contributed by atoms with Crippen molar-refractivity contribution in [2.45, 2.75) is 34.6 Å². The van der Waals surface area contributed by atoms with Crippen LogP contribution in [0, 0.1) is 12.3 Å². The minimum absolute atomic E-state index is 0.143. The molecule has 0 aromatic heterocycles.